The molecule has 5 aromatic rings. The third-order valence-corrected chi connectivity index (χ3v) is 14.6. The summed E-state index contributed by atoms with van der Waals surface area (Å²) >= 11 is 7.06. The van der Waals surface area contributed by atoms with Gasteiger partial charge in [0.15, 0.2) is 44.3 Å². The Hall–Kier alpha value is -0.800. The Morgan fingerprint density at radius 3 is 1.77 bits per heavy atom. The third-order valence-electron chi connectivity index (χ3n) is 8.75. The molecule has 1 aromatic heterocycles. The Balaban J connectivity index is 0.00000666. The predicted molar refractivity (Wildman–Crippen MR) is 235 cm³/mol. The number of benzene rings is 4. The number of nitrogens with zero attached hydrogens (tertiary/aromatic N) is 7. The van der Waals surface area contributed by atoms with Crippen LogP contribution in [0.5, 0.6) is 0 Å². The summed E-state index contributed by atoms with van der Waals surface area (Å²) in [5.41, 5.74) is 11.1. The van der Waals surface area contributed by atoms with Crippen molar-refractivity contribution in [3.05, 3.63) is 89.5 Å². The van der Waals surface area contributed by atoms with Crippen LogP contribution in [-0.4, -0.2) is 69.5 Å². The van der Waals surface area contributed by atoms with E-state index < -0.39 is 74.9 Å². The van der Waals surface area contributed by atoms with Crippen LogP contribution in [0.3, 0.4) is 0 Å². The average molecular weight is 1190 g/mol. The van der Waals surface area contributed by atoms with Crippen molar-refractivity contribution in [1.82, 2.24) is 15.0 Å². The van der Waals surface area contributed by atoms with E-state index >= 15 is 0 Å². The van der Waals surface area contributed by atoms with E-state index in [2.05, 4.69) is 68.8 Å². The van der Waals surface area contributed by atoms with E-state index in [1.165, 1.54) is 54.6 Å². The molecule has 1 heterocycles. The van der Waals surface area contributed by atoms with E-state index in [4.69, 9.17) is 31.4 Å². The predicted octanol–water partition coefficient (Wildman–Crippen LogP) is -7.89. The van der Waals surface area contributed by atoms with Crippen LogP contribution in [0, 0.1) is 0 Å². The number of anilines is 4. The number of nitrogens with one attached hydrogen (secondary N) is 1. The third kappa shape index (κ3) is 21.4. The number of hydrogen-bond donors (Lipinski definition) is 3. The van der Waals surface area contributed by atoms with Gasteiger partial charge in [0, 0.05) is 11.6 Å². The maximum atomic E-state index is 12.8. The number of hydrogen-bond acceptors (Lipinski definition) is 31. The first-order chi connectivity index (χ1) is 32.9. The SMILES string of the molecule is CCC(c1ccc(S(=O)(=O)CCOSOO[O-])cc1)c1nc(Cl)nc(Nc2ccc(SOO[O-])c(N=Nc3c(N)c(N=Nc4ccc(S(=O)(=O)CCOSOO[O-])cc4)cc(S(=O)(=O)[O-])c3N)c2)n1.[Na+].[Na+].[Na+].[Na+]. The topological polar surface area (TPSA) is 421 Å². The largest absolute Gasteiger partial charge is 1.00 e. The van der Waals surface area contributed by atoms with Gasteiger partial charge in [-0.25, -0.2) is 30.2 Å². The normalized spacial score (nSPS) is 12.1. The van der Waals surface area contributed by atoms with Crippen LogP contribution in [0.2, 0.25) is 5.28 Å². The van der Waals surface area contributed by atoms with E-state index in [0.717, 1.165) is 6.07 Å². The van der Waals surface area contributed by atoms with Gasteiger partial charge in [-0.2, -0.15) is 19.4 Å². The quantitative estimate of drug-likeness (QED) is 0.00642. The first-order valence-corrected chi connectivity index (χ1v) is 25.7. The molecule has 5 N–H and O–H groups in total. The van der Waals surface area contributed by atoms with E-state index in [1.54, 1.807) is 12.1 Å². The summed E-state index contributed by atoms with van der Waals surface area (Å²) in [6.07, 6.45) is 0.428. The van der Waals surface area contributed by atoms with E-state index in [0.29, 0.717) is 24.0 Å². The second-order valence-electron chi connectivity index (χ2n) is 13.0. The summed E-state index contributed by atoms with van der Waals surface area (Å²) < 4.78 is 110. The van der Waals surface area contributed by atoms with Crippen molar-refractivity contribution in [2.45, 2.75) is 38.8 Å². The molecule has 0 saturated carbocycles. The minimum absolute atomic E-state index is 0. The van der Waals surface area contributed by atoms with E-state index in [9.17, 15) is 45.6 Å². The van der Waals surface area contributed by atoms with Gasteiger partial charge in [0.25, 0.3) is 0 Å². The van der Waals surface area contributed by atoms with Gasteiger partial charge in [-0.3, -0.25) is 23.5 Å². The second kappa shape index (κ2) is 34.3. The number of nitrogen functional groups attached to an aromatic ring is 2. The van der Waals surface area contributed by atoms with Gasteiger partial charge in [0.2, 0.25) is 11.2 Å². The first-order valence-electron chi connectivity index (χ1n) is 18.5. The maximum Gasteiger partial charge on any atom is 1.00 e. The van der Waals surface area contributed by atoms with Gasteiger partial charge >= 0.3 is 118 Å². The number of sulfone groups is 2. The summed E-state index contributed by atoms with van der Waals surface area (Å²) in [5, 5.41) is 58.9. The van der Waals surface area contributed by atoms with Crippen molar-refractivity contribution in [1.29, 1.82) is 0 Å². The van der Waals surface area contributed by atoms with Gasteiger partial charge in [-0.1, -0.05) is 19.1 Å². The monoisotopic (exact) mass is 1190 g/mol. The summed E-state index contributed by atoms with van der Waals surface area (Å²) in [6.45, 7) is 1.17. The molecule has 372 valence electrons. The summed E-state index contributed by atoms with van der Waals surface area (Å²) in [7, 11) is -13.0. The van der Waals surface area contributed by atoms with Gasteiger partial charge in [0.1, 0.15) is 33.0 Å². The minimum atomic E-state index is -5.31. The molecule has 73 heavy (non-hydrogen) atoms. The van der Waals surface area contributed by atoms with E-state index in [-0.39, 0.29) is 205 Å². The van der Waals surface area contributed by atoms with Gasteiger partial charge < -0.3 is 37.1 Å². The number of rotatable bonds is 27. The van der Waals surface area contributed by atoms with Crippen molar-refractivity contribution in [2.24, 2.45) is 20.5 Å². The minimum Gasteiger partial charge on any atom is -0.744 e. The van der Waals surface area contributed by atoms with Crippen LogP contribution in [0.4, 0.5) is 45.8 Å². The van der Waals surface area contributed by atoms with Crippen LogP contribution in [0.15, 0.2) is 113 Å². The first kappa shape index (κ1) is 70.2. The van der Waals surface area contributed by atoms with Gasteiger partial charge in [-0.05, 0) is 84.2 Å². The zero-order valence-electron chi connectivity index (χ0n) is 38.5. The van der Waals surface area contributed by atoms with Crippen LogP contribution in [-0.2, 0) is 66.3 Å². The standard InChI is InChI=1S/C34H35ClN10O18S6.4Na/c1-2-24(19-3-8-22(9-4-19)67(49,50)15-13-56-65-62-59-47)32-39-33(35)41-34(40-32)38-21-7-12-27(64-61-58-46)25(17-21)43-45-31-29(36)26(18-28(30(31)37)69(53,54)55)44-42-20-5-10-23(11-6-20)68(51,52)16-14-57-66-63-60-48;;;;/h3-12,17-18,24,46-48H,2,13-16,36-37H2,1H3,(H,53,54,55)(H,38,39,40,41);;;;/q;4*+1/p-4. The molecule has 0 aliphatic carbocycles. The summed E-state index contributed by atoms with van der Waals surface area (Å²) in [5.74, 6) is -1.30. The van der Waals surface area contributed by atoms with Crippen molar-refractivity contribution < 1.29 is 200 Å². The number of nitrogens with two attached hydrogens (primary N) is 2. The molecule has 0 spiro atoms. The molecule has 0 bridgehead atoms. The fraction of sp³-hybridized carbons (Fsp3) is 0.206. The Bertz CT molecular complexity index is 2970. The molecule has 28 nitrogen and oxygen atoms in total. The Morgan fingerprint density at radius 1 is 0.685 bits per heavy atom. The molecule has 4 aromatic carbocycles. The average Bonchev–Trinajstić information content (AvgIpc) is 3.30. The van der Waals surface area contributed by atoms with Crippen molar-refractivity contribution >= 4 is 124 Å². The Kier molecular flexibility index (Phi) is 33.0. The molecule has 0 amide bonds. The van der Waals surface area contributed by atoms with Crippen LogP contribution >= 0.6 is 48.3 Å². The fourth-order valence-electron chi connectivity index (χ4n) is 5.62. The van der Waals surface area contributed by atoms with E-state index in [1.807, 2.05) is 6.92 Å². The molecule has 39 heteroatoms. The zero-order valence-corrected chi connectivity index (χ0v) is 52.2. The molecule has 0 saturated heterocycles. The molecule has 1 unspecified atom stereocenters. The van der Waals surface area contributed by atoms with Crippen LogP contribution in [0.1, 0.15) is 30.7 Å². The molecule has 1 atom stereocenters. The molecule has 0 radical (unpaired) electrons. The molecule has 0 aliphatic rings. The van der Waals surface area contributed by atoms with Crippen LogP contribution in [0.25, 0.3) is 0 Å². The van der Waals surface area contributed by atoms with Crippen molar-refractivity contribution in [3.63, 3.8) is 0 Å². The van der Waals surface area contributed by atoms with Crippen molar-refractivity contribution in [2.75, 3.05) is 41.5 Å². The summed E-state index contributed by atoms with van der Waals surface area (Å²) in [4.78, 5) is 11.9. The maximum absolute atomic E-state index is 12.8. The van der Waals surface area contributed by atoms with Crippen molar-refractivity contribution in [3.8, 4) is 0 Å². The van der Waals surface area contributed by atoms with Crippen LogP contribution < -0.4 is 151 Å². The summed E-state index contributed by atoms with van der Waals surface area (Å²) in [6, 6.07) is 15.8. The zero-order chi connectivity index (χ0) is 50.2. The number of azo groups is 2. The molecule has 5 rings (SSSR count). The molecule has 0 fully saturated rings. The number of halogens is 1. The Labute approximate surface area is 522 Å². The molecule has 0 aliphatic heterocycles. The number of aromatic nitrogens is 3. The van der Waals surface area contributed by atoms with Gasteiger partial charge in [0.05, 0.1) is 73.4 Å². The molecular weight excluding hydrogens is 1160 g/mol. The van der Waals surface area contributed by atoms with Gasteiger partial charge in [-0.15, -0.1) is 24.0 Å². The fourth-order valence-corrected chi connectivity index (χ4v) is 9.64. The smallest absolute Gasteiger partial charge is 0.744 e. The second-order valence-corrected chi connectivity index (χ2v) is 20.6. The molecular formula is C34H31ClN10Na4O18S6. The Morgan fingerprint density at radius 2 is 1.23 bits per heavy atom.